The predicted octanol–water partition coefficient (Wildman–Crippen LogP) is 3.70. The molecule has 0 unspecified atom stereocenters. The molecule has 6 heteroatoms. The fraction of sp³-hybridized carbons (Fsp3) is 0.174. The minimum absolute atomic E-state index is 0.0854. The summed E-state index contributed by atoms with van der Waals surface area (Å²) >= 11 is 0. The average molecular weight is 392 g/mol. The van der Waals surface area contributed by atoms with Gasteiger partial charge in [0.15, 0.2) is 0 Å². The molecule has 3 N–H and O–H groups in total. The molecule has 3 rings (SSSR count). The number of nitrogens with one attached hydrogen (secondary N) is 1. The topological polar surface area (TPSA) is 104 Å². The van der Waals surface area contributed by atoms with E-state index in [4.69, 9.17) is 20.4 Å². The van der Waals surface area contributed by atoms with E-state index in [9.17, 15) is 4.79 Å². The number of carboxylic acids is 1. The van der Waals surface area contributed by atoms with E-state index >= 15 is 0 Å². The molecular formula is C23H24N2O4. The van der Waals surface area contributed by atoms with Crippen molar-refractivity contribution in [3.63, 3.8) is 0 Å². The van der Waals surface area contributed by atoms with E-state index in [0.29, 0.717) is 24.6 Å². The first-order valence-electron chi connectivity index (χ1n) is 9.09. The first kappa shape index (κ1) is 21.8. The summed E-state index contributed by atoms with van der Waals surface area (Å²) in [6.07, 6.45) is 2.17. The molecule has 0 aliphatic carbocycles. The van der Waals surface area contributed by atoms with Crippen LogP contribution in [0.4, 0.5) is 0 Å². The van der Waals surface area contributed by atoms with Gasteiger partial charge in [-0.15, -0.1) is 0 Å². The van der Waals surface area contributed by atoms with Crippen molar-refractivity contribution in [1.29, 1.82) is 5.41 Å². The van der Waals surface area contributed by atoms with E-state index in [-0.39, 0.29) is 6.42 Å². The van der Waals surface area contributed by atoms with Gasteiger partial charge in [0.25, 0.3) is 0 Å². The Kier molecular flexibility index (Phi) is 8.53. The molecule has 0 aliphatic heterocycles. The molecule has 0 amide bonds. The van der Waals surface area contributed by atoms with E-state index in [1.807, 2.05) is 60.7 Å². The van der Waals surface area contributed by atoms with Gasteiger partial charge in [0, 0.05) is 31.4 Å². The Balaban J connectivity index is 0.00000145. The first-order valence-corrected chi connectivity index (χ1v) is 9.09. The summed E-state index contributed by atoms with van der Waals surface area (Å²) in [6, 6.07) is 20.9. The van der Waals surface area contributed by atoms with Crippen LogP contribution in [0.3, 0.4) is 0 Å². The van der Waals surface area contributed by atoms with Gasteiger partial charge in [-0.2, -0.15) is 0 Å². The fourth-order valence-corrected chi connectivity index (χ4v) is 2.64. The number of ether oxygens (including phenoxy) is 1. The highest BCUT2D eigenvalue weighted by Gasteiger charge is 2.06. The normalized spacial score (nSPS) is 9.86. The van der Waals surface area contributed by atoms with Gasteiger partial charge in [-0.3, -0.25) is 10.2 Å². The van der Waals surface area contributed by atoms with Crippen molar-refractivity contribution < 1.29 is 19.7 Å². The van der Waals surface area contributed by atoms with Crippen molar-refractivity contribution >= 4 is 11.7 Å². The van der Waals surface area contributed by atoms with Gasteiger partial charge in [0.05, 0.1) is 5.71 Å². The Morgan fingerprint density at radius 3 is 2.34 bits per heavy atom. The van der Waals surface area contributed by atoms with Crippen LogP contribution in [-0.2, 0) is 17.8 Å². The monoisotopic (exact) mass is 392 g/mol. The standard InChI is InChI=1S/C22H20N2O3.CH4O/c23-22(18-6-2-1-3-7-18)19-8-4-5-17(13-19)15-27-20-11-9-16(14-24-20)10-12-21(25)26;1-2/h1-9,11,13-14,23H,10,12,15H2,(H,25,26);2H,1H3. The van der Waals surface area contributed by atoms with Crippen LogP contribution in [0.2, 0.25) is 0 Å². The van der Waals surface area contributed by atoms with Crippen LogP contribution in [0.5, 0.6) is 5.88 Å². The number of benzene rings is 2. The number of nitrogens with zero attached hydrogens (tertiary/aromatic N) is 1. The number of carboxylic acid groups (broad SMARTS) is 1. The highest BCUT2D eigenvalue weighted by Crippen LogP contribution is 2.15. The van der Waals surface area contributed by atoms with E-state index < -0.39 is 5.97 Å². The second-order valence-corrected chi connectivity index (χ2v) is 6.13. The van der Waals surface area contributed by atoms with Crippen molar-refractivity contribution in [2.24, 2.45) is 0 Å². The largest absolute Gasteiger partial charge is 0.481 e. The fourth-order valence-electron chi connectivity index (χ4n) is 2.64. The molecule has 0 aliphatic rings. The van der Waals surface area contributed by atoms with E-state index in [0.717, 1.165) is 29.4 Å². The van der Waals surface area contributed by atoms with Crippen LogP contribution in [0.25, 0.3) is 0 Å². The zero-order chi connectivity index (χ0) is 21.1. The smallest absolute Gasteiger partial charge is 0.303 e. The van der Waals surface area contributed by atoms with Crippen molar-refractivity contribution in [2.45, 2.75) is 19.4 Å². The lowest BCUT2D eigenvalue weighted by molar-refractivity contribution is -0.136. The molecule has 1 heterocycles. The molecular weight excluding hydrogens is 368 g/mol. The Bertz CT molecular complexity index is 925. The Hall–Kier alpha value is -3.51. The number of hydrogen-bond donors (Lipinski definition) is 3. The summed E-state index contributed by atoms with van der Waals surface area (Å²) in [5, 5.41) is 24.1. The second kappa shape index (κ2) is 11.4. The van der Waals surface area contributed by atoms with Gasteiger partial charge >= 0.3 is 5.97 Å². The predicted molar refractivity (Wildman–Crippen MR) is 111 cm³/mol. The molecule has 29 heavy (non-hydrogen) atoms. The number of rotatable bonds is 8. The van der Waals surface area contributed by atoms with Gasteiger partial charge in [0.2, 0.25) is 5.88 Å². The van der Waals surface area contributed by atoms with Gasteiger partial charge in [-0.1, -0.05) is 54.6 Å². The lowest BCUT2D eigenvalue weighted by Gasteiger charge is -2.09. The van der Waals surface area contributed by atoms with E-state index in [1.165, 1.54) is 0 Å². The molecule has 0 radical (unpaired) electrons. The van der Waals surface area contributed by atoms with Crippen molar-refractivity contribution in [1.82, 2.24) is 4.98 Å². The lowest BCUT2D eigenvalue weighted by Crippen LogP contribution is -2.03. The SMILES string of the molecule is CO.N=C(c1ccccc1)c1cccc(COc2ccc(CCC(=O)O)cn2)c1. The maximum absolute atomic E-state index is 10.6. The Labute approximate surface area is 170 Å². The lowest BCUT2D eigenvalue weighted by atomic mass is 10.0. The number of aromatic nitrogens is 1. The molecule has 0 saturated carbocycles. The highest BCUT2D eigenvalue weighted by molar-refractivity contribution is 6.10. The quantitative estimate of drug-likeness (QED) is 0.507. The van der Waals surface area contributed by atoms with Crippen molar-refractivity contribution in [3.8, 4) is 5.88 Å². The molecule has 3 aromatic rings. The highest BCUT2D eigenvalue weighted by atomic mass is 16.5. The minimum atomic E-state index is -0.823. The molecule has 0 spiro atoms. The minimum Gasteiger partial charge on any atom is -0.481 e. The summed E-state index contributed by atoms with van der Waals surface area (Å²) < 4.78 is 5.72. The van der Waals surface area contributed by atoms with Crippen molar-refractivity contribution in [3.05, 3.63) is 95.2 Å². The van der Waals surface area contributed by atoms with Crippen LogP contribution in [0, 0.1) is 5.41 Å². The van der Waals surface area contributed by atoms with Gasteiger partial charge in [-0.25, -0.2) is 4.98 Å². The summed E-state index contributed by atoms with van der Waals surface area (Å²) in [6.45, 7) is 0.345. The number of aryl methyl sites for hydroxylation is 1. The van der Waals surface area contributed by atoms with Gasteiger partial charge in [0.1, 0.15) is 6.61 Å². The van der Waals surface area contributed by atoms with Crippen LogP contribution < -0.4 is 4.74 Å². The third-order valence-electron chi connectivity index (χ3n) is 4.09. The Morgan fingerprint density at radius 2 is 1.69 bits per heavy atom. The van der Waals surface area contributed by atoms with Crippen LogP contribution >= 0.6 is 0 Å². The number of aliphatic carboxylic acids is 1. The molecule has 0 atom stereocenters. The average Bonchev–Trinajstić information content (AvgIpc) is 2.78. The number of pyridine rings is 1. The Morgan fingerprint density at radius 1 is 0.966 bits per heavy atom. The molecule has 0 saturated heterocycles. The summed E-state index contributed by atoms with van der Waals surface area (Å²) in [5.74, 6) is -0.339. The molecule has 0 bridgehead atoms. The van der Waals surface area contributed by atoms with Gasteiger partial charge in [-0.05, 0) is 29.2 Å². The van der Waals surface area contributed by atoms with Crippen LogP contribution in [0.1, 0.15) is 28.7 Å². The maximum Gasteiger partial charge on any atom is 0.303 e. The number of aliphatic hydroxyl groups is 1. The number of aliphatic hydroxyl groups excluding tert-OH is 1. The molecule has 0 fully saturated rings. The third-order valence-corrected chi connectivity index (χ3v) is 4.09. The molecule has 2 aromatic carbocycles. The molecule has 6 nitrogen and oxygen atoms in total. The number of hydrogen-bond acceptors (Lipinski definition) is 5. The van der Waals surface area contributed by atoms with Crippen LogP contribution in [-0.4, -0.2) is 34.0 Å². The first-order chi connectivity index (χ1) is 14.1. The second-order valence-electron chi connectivity index (χ2n) is 6.13. The van der Waals surface area contributed by atoms with E-state index in [1.54, 1.807) is 12.3 Å². The van der Waals surface area contributed by atoms with Gasteiger partial charge < -0.3 is 14.9 Å². The van der Waals surface area contributed by atoms with Crippen LogP contribution in [0.15, 0.2) is 72.9 Å². The third kappa shape index (κ3) is 6.86. The van der Waals surface area contributed by atoms with Crippen molar-refractivity contribution in [2.75, 3.05) is 7.11 Å². The summed E-state index contributed by atoms with van der Waals surface area (Å²) in [4.78, 5) is 14.8. The summed E-state index contributed by atoms with van der Waals surface area (Å²) in [5.41, 5.74) is 3.99. The maximum atomic E-state index is 10.6. The summed E-state index contributed by atoms with van der Waals surface area (Å²) in [7, 11) is 1.00. The molecule has 1 aromatic heterocycles. The zero-order valence-electron chi connectivity index (χ0n) is 16.2. The molecule has 150 valence electrons. The van der Waals surface area contributed by atoms with E-state index in [2.05, 4.69) is 4.98 Å². The zero-order valence-corrected chi connectivity index (χ0v) is 16.2. The number of carbonyl (C=O) groups is 1.